The number of rotatable bonds is 13. The zero-order chi connectivity index (χ0) is 31.0. The quantitative estimate of drug-likeness (QED) is 0.198. The monoisotopic (exact) mass is 651 g/mol. The van der Waals surface area contributed by atoms with E-state index in [4.69, 9.17) is 34.8 Å². The molecule has 0 heterocycles. The van der Waals surface area contributed by atoms with Crippen LogP contribution in [0, 0.1) is 13.8 Å². The number of unbranched alkanes of at least 4 members (excludes halogenated alkanes) is 1. The normalized spacial score (nSPS) is 12.1. The van der Waals surface area contributed by atoms with Crippen LogP contribution in [0.25, 0.3) is 0 Å². The predicted molar refractivity (Wildman–Crippen MR) is 171 cm³/mol. The van der Waals surface area contributed by atoms with Crippen LogP contribution in [0.15, 0.2) is 65.6 Å². The molecule has 3 aromatic rings. The summed E-state index contributed by atoms with van der Waals surface area (Å²) < 4.78 is 29.0. The van der Waals surface area contributed by atoms with Crippen molar-refractivity contribution in [2.75, 3.05) is 17.4 Å². The second kappa shape index (κ2) is 15.1. The van der Waals surface area contributed by atoms with Crippen molar-refractivity contribution in [1.29, 1.82) is 0 Å². The number of halogens is 3. The number of hydrogen-bond donors (Lipinski definition) is 1. The van der Waals surface area contributed by atoms with Crippen molar-refractivity contribution >= 4 is 62.3 Å². The maximum atomic E-state index is 14.1. The Bertz CT molecular complexity index is 1510. The molecular formula is C31H36Cl3N3O4S. The summed E-state index contributed by atoms with van der Waals surface area (Å²) in [6, 6.07) is 15.3. The third-order valence-corrected chi connectivity index (χ3v) is 9.82. The highest BCUT2D eigenvalue weighted by atomic mass is 35.5. The molecule has 0 saturated carbocycles. The second-order valence-electron chi connectivity index (χ2n) is 10.1. The van der Waals surface area contributed by atoms with Crippen LogP contribution in [0.2, 0.25) is 15.1 Å². The molecule has 0 fully saturated rings. The molecule has 7 nitrogen and oxygen atoms in total. The summed E-state index contributed by atoms with van der Waals surface area (Å²) in [5.41, 5.74) is 2.52. The number of hydrogen-bond acceptors (Lipinski definition) is 4. The summed E-state index contributed by atoms with van der Waals surface area (Å²) in [5.74, 6) is -0.878. The van der Waals surface area contributed by atoms with E-state index in [1.807, 2.05) is 13.8 Å². The van der Waals surface area contributed by atoms with E-state index in [1.165, 1.54) is 23.1 Å². The maximum Gasteiger partial charge on any atom is 0.264 e. The van der Waals surface area contributed by atoms with Crippen molar-refractivity contribution < 1.29 is 18.0 Å². The Morgan fingerprint density at radius 3 is 2.17 bits per heavy atom. The number of amides is 2. The van der Waals surface area contributed by atoms with E-state index in [0.29, 0.717) is 33.6 Å². The van der Waals surface area contributed by atoms with Crippen molar-refractivity contribution in [1.82, 2.24) is 10.2 Å². The van der Waals surface area contributed by atoms with Gasteiger partial charge in [-0.25, -0.2) is 8.42 Å². The summed E-state index contributed by atoms with van der Waals surface area (Å²) in [6.45, 7) is 7.41. The molecule has 1 atom stereocenters. The molecule has 0 bridgehead atoms. The molecule has 0 aliphatic carbocycles. The van der Waals surface area contributed by atoms with Gasteiger partial charge in [0.2, 0.25) is 11.8 Å². The fraction of sp³-hybridized carbons (Fsp3) is 0.355. The molecule has 1 N–H and O–H groups in total. The Balaban J connectivity index is 2.07. The summed E-state index contributed by atoms with van der Waals surface area (Å²) in [4.78, 5) is 28.9. The summed E-state index contributed by atoms with van der Waals surface area (Å²) >= 11 is 18.8. The Morgan fingerprint density at radius 1 is 0.881 bits per heavy atom. The van der Waals surface area contributed by atoms with Gasteiger partial charge in [0.05, 0.1) is 20.6 Å². The van der Waals surface area contributed by atoms with Gasteiger partial charge in [-0.3, -0.25) is 13.9 Å². The SMILES string of the molecule is CCCCNC(=O)[C@@H](CC)N(Cc1ccc(Cl)c(Cl)c1)C(=O)CN(c1ccc(C)c(Cl)c1)S(=O)(=O)c1ccc(C)cc1. The smallest absolute Gasteiger partial charge is 0.264 e. The van der Waals surface area contributed by atoms with Gasteiger partial charge in [-0.05, 0) is 74.2 Å². The molecule has 11 heteroatoms. The molecule has 0 aliphatic rings. The van der Waals surface area contributed by atoms with E-state index in [0.717, 1.165) is 28.3 Å². The summed E-state index contributed by atoms with van der Waals surface area (Å²) in [5, 5.41) is 3.93. The molecular weight excluding hydrogens is 617 g/mol. The van der Waals surface area contributed by atoms with Crippen LogP contribution in [0.3, 0.4) is 0 Å². The van der Waals surface area contributed by atoms with Gasteiger partial charge in [-0.15, -0.1) is 0 Å². The van der Waals surface area contributed by atoms with Gasteiger partial charge in [0.25, 0.3) is 10.0 Å². The summed E-state index contributed by atoms with van der Waals surface area (Å²) in [7, 11) is -4.20. The average Bonchev–Trinajstić information content (AvgIpc) is 2.95. The maximum absolute atomic E-state index is 14.1. The largest absolute Gasteiger partial charge is 0.354 e. The van der Waals surface area contributed by atoms with Gasteiger partial charge in [-0.2, -0.15) is 0 Å². The number of benzene rings is 3. The van der Waals surface area contributed by atoms with Gasteiger partial charge >= 0.3 is 0 Å². The van der Waals surface area contributed by atoms with Gasteiger partial charge in [0, 0.05) is 18.1 Å². The minimum absolute atomic E-state index is 0.0164. The van der Waals surface area contributed by atoms with Gasteiger partial charge < -0.3 is 10.2 Å². The minimum Gasteiger partial charge on any atom is -0.354 e. The first-order valence-electron chi connectivity index (χ1n) is 13.8. The lowest BCUT2D eigenvalue weighted by Crippen LogP contribution is -2.52. The van der Waals surface area contributed by atoms with Crippen LogP contribution in [0.5, 0.6) is 0 Å². The van der Waals surface area contributed by atoms with Crippen molar-refractivity contribution in [2.45, 2.75) is 64.4 Å². The minimum atomic E-state index is -4.20. The standard InChI is InChI=1S/C31H36Cl3N3O4S/c1-5-7-16-35-31(39)29(6-2)36(19-23-11-15-26(32)28(34)17-23)30(38)20-37(24-12-10-22(4)27(33)18-24)42(40,41)25-13-8-21(3)9-14-25/h8-15,17-18,29H,5-7,16,19-20H2,1-4H3,(H,35,39)/t29-/m1/s1. The first-order chi connectivity index (χ1) is 19.9. The topological polar surface area (TPSA) is 86.8 Å². The second-order valence-corrected chi connectivity index (χ2v) is 13.2. The molecule has 0 unspecified atom stereocenters. The van der Waals surface area contributed by atoms with E-state index in [1.54, 1.807) is 56.3 Å². The van der Waals surface area contributed by atoms with Gasteiger partial charge in [-0.1, -0.05) is 84.9 Å². The van der Waals surface area contributed by atoms with Crippen LogP contribution in [0.1, 0.15) is 49.8 Å². The highest BCUT2D eigenvalue weighted by Crippen LogP contribution is 2.29. The van der Waals surface area contributed by atoms with E-state index in [-0.39, 0.29) is 23.0 Å². The molecule has 42 heavy (non-hydrogen) atoms. The third-order valence-electron chi connectivity index (χ3n) is 6.88. The van der Waals surface area contributed by atoms with Crippen LogP contribution in [-0.4, -0.2) is 44.3 Å². The molecule has 2 amide bonds. The van der Waals surface area contributed by atoms with Crippen LogP contribution >= 0.6 is 34.8 Å². The first kappa shape index (κ1) is 33.7. The Labute approximate surface area is 263 Å². The molecule has 0 radical (unpaired) electrons. The zero-order valence-corrected chi connectivity index (χ0v) is 27.2. The highest BCUT2D eigenvalue weighted by molar-refractivity contribution is 7.92. The lowest BCUT2D eigenvalue weighted by atomic mass is 10.1. The van der Waals surface area contributed by atoms with Crippen LogP contribution in [0.4, 0.5) is 5.69 Å². The number of aryl methyl sites for hydroxylation is 2. The van der Waals surface area contributed by atoms with Crippen LogP contribution in [-0.2, 0) is 26.2 Å². The number of nitrogens with one attached hydrogen (secondary N) is 1. The average molecular weight is 653 g/mol. The fourth-order valence-electron chi connectivity index (χ4n) is 4.36. The Morgan fingerprint density at radius 2 is 1.57 bits per heavy atom. The van der Waals surface area contributed by atoms with E-state index in [2.05, 4.69) is 5.32 Å². The lowest BCUT2D eigenvalue weighted by Gasteiger charge is -2.33. The van der Waals surface area contributed by atoms with Crippen LogP contribution < -0.4 is 9.62 Å². The number of carbonyl (C=O) groups excluding carboxylic acids is 2. The van der Waals surface area contributed by atoms with E-state index < -0.39 is 28.5 Å². The highest BCUT2D eigenvalue weighted by Gasteiger charge is 2.34. The van der Waals surface area contributed by atoms with Crippen molar-refractivity contribution in [3.63, 3.8) is 0 Å². The lowest BCUT2D eigenvalue weighted by molar-refractivity contribution is -0.140. The number of nitrogens with zero attached hydrogens (tertiary/aromatic N) is 2. The molecule has 0 aliphatic heterocycles. The number of sulfonamides is 1. The zero-order valence-electron chi connectivity index (χ0n) is 24.2. The Hall–Kier alpha value is -2.78. The van der Waals surface area contributed by atoms with Gasteiger partial charge in [0.1, 0.15) is 12.6 Å². The van der Waals surface area contributed by atoms with Crippen molar-refractivity contribution in [3.05, 3.63) is 92.4 Å². The molecule has 3 aromatic carbocycles. The fourth-order valence-corrected chi connectivity index (χ4v) is 6.26. The van der Waals surface area contributed by atoms with Crippen molar-refractivity contribution in [2.24, 2.45) is 0 Å². The molecule has 226 valence electrons. The van der Waals surface area contributed by atoms with E-state index >= 15 is 0 Å². The van der Waals surface area contributed by atoms with Crippen molar-refractivity contribution in [3.8, 4) is 0 Å². The molecule has 3 rings (SSSR count). The third kappa shape index (κ3) is 8.40. The number of anilines is 1. The van der Waals surface area contributed by atoms with Gasteiger partial charge in [0.15, 0.2) is 0 Å². The first-order valence-corrected chi connectivity index (χ1v) is 16.3. The molecule has 0 saturated heterocycles. The Kier molecular flexibility index (Phi) is 12.1. The number of carbonyl (C=O) groups is 2. The summed E-state index contributed by atoms with van der Waals surface area (Å²) in [6.07, 6.45) is 2.00. The molecule has 0 aromatic heterocycles. The predicted octanol–water partition coefficient (Wildman–Crippen LogP) is 7.18. The van der Waals surface area contributed by atoms with E-state index in [9.17, 15) is 18.0 Å². The molecule has 0 spiro atoms.